The summed E-state index contributed by atoms with van der Waals surface area (Å²) in [4.78, 5) is 18.0. The maximum atomic E-state index is 11.7. The Bertz CT molecular complexity index is 788. The number of piperidine rings is 1. The first-order valence-corrected chi connectivity index (χ1v) is 8.31. The second kappa shape index (κ2) is 6.90. The van der Waals surface area contributed by atoms with Crippen LogP contribution in [0.5, 0.6) is 5.75 Å². The first-order valence-electron chi connectivity index (χ1n) is 7.94. The molecule has 1 aliphatic heterocycles. The van der Waals surface area contributed by atoms with Crippen LogP contribution in [0.2, 0.25) is 5.02 Å². The number of aliphatic hydroxyl groups is 1. The molecule has 3 rings (SSSR count). The van der Waals surface area contributed by atoms with Gasteiger partial charge in [0.05, 0.1) is 23.3 Å². The molecule has 2 heterocycles. The molecule has 0 aliphatic carbocycles. The van der Waals surface area contributed by atoms with Gasteiger partial charge in [-0.1, -0.05) is 17.7 Å². The van der Waals surface area contributed by atoms with Crippen molar-refractivity contribution in [3.63, 3.8) is 0 Å². The molecule has 0 bridgehead atoms. The Hall–Kier alpha value is -2.31. The van der Waals surface area contributed by atoms with Gasteiger partial charge in [-0.05, 0) is 37.1 Å². The average Bonchev–Trinajstić information content (AvgIpc) is 2.61. The lowest BCUT2D eigenvalue weighted by molar-refractivity contribution is 0.0117. The van der Waals surface area contributed by atoms with Gasteiger partial charge in [-0.2, -0.15) is 0 Å². The van der Waals surface area contributed by atoms with Gasteiger partial charge in [0.25, 0.3) is 0 Å². The molecule has 132 valence electrons. The Morgan fingerprint density at radius 1 is 1.28 bits per heavy atom. The zero-order chi connectivity index (χ0) is 18.0. The van der Waals surface area contributed by atoms with E-state index in [4.69, 9.17) is 16.3 Å². The highest BCUT2D eigenvalue weighted by atomic mass is 35.5. The van der Waals surface area contributed by atoms with Gasteiger partial charge in [-0.15, -0.1) is 0 Å². The van der Waals surface area contributed by atoms with Gasteiger partial charge >= 0.3 is 5.97 Å². The van der Waals surface area contributed by atoms with Crippen LogP contribution < -0.4 is 4.90 Å². The number of benzene rings is 1. The maximum absolute atomic E-state index is 11.7. The second-order valence-corrected chi connectivity index (χ2v) is 6.48. The summed E-state index contributed by atoms with van der Waals surface area (Å²) >= 11 is 6.18. The highest BCUT2D eigenvalue weighted by molar-refractivity contribution is 6.31. The van der Waals surface area contributed by atoms with Gasteiger partial charge in [0.1, 0.15) is 11.6 Å². The minimum atomic E-state index is -1.05. The highest BCUT2D eigenvalue weighted by Gasteiger charge is 2.36. The van der Waals surface area contributed by atoms with Crippen molar-refractivity contribution in [1.82, 2.24) is 4.98 Å². The fourth-order valence-electron chi connectivity index (χ4n) is 3.09. The topological polar surface area (TPSA) is 82.9 Å². The molecular formula is C18H19ClN2O4. The summed E-state index contributed by atoms with van der Waals surface area (Å²) in [6.45, 7) is 1.12. The molecule has 0 unspecified atom stereocenters. The van der Waals surface area contributed by atoms with Crippen molar-refractivity contribution in [3.05, 3.63) is 52.7 Å². The van der Waals surface area contributed by atoms with E-state index in [1.54, 1.807) is 24.4 Å². The van der Waals surface area contributed by atoms with E-state index in [1.807, 2.05) is 4.90 Å². The number of halogens is 1. The Kier molecular flexibility index (Phi) is 4.83. The first kappa shape index (κ1) is 17.5. The van der Waals surface area contributed by atoms with E-state index < -0.39 is 11.6 Å². The molecule has 1 aliphatic rings. The summed E-state index contributed by atoms with van der Waals surface area (Å²) in [5, 5.41) is 20.8. The van der Waals surface area contributed by atoms with Crippen molar-refractivity contribution < 1.29 is 19.7 Å². The summed E-state index contributed by atoms with van der Waals surface area (Å²) in [5.41, 5.74) is -0.000803. The molecule has 0 saturated carbocycles. The quantitative estimate of drug-likeness (QED) is 0.817. The van der Waals surface area contributed by atoms with Gasteiger partial charge in [0.2, 0.25) is 0 Å². The number of hydrogen-bond donors (Lipinski definition) is 2. The molecule has 1 aromatic heterocycles. The van der Waals surface area contributed by atoms with E-state index in [-0.39, 0.29) is 5.75 Å². The van der Waals surface area contributed by atoms with Gasteiger partial charge in [-0.25, -0.2) is 9.78 Å². The van der Waals surface area contributed by atoms with Crippen molar-refractivity contribution in [3.8, 4) is 5.75 Å². The molecule has 1 saturated heterocycles. The Morgan fingerprint density at radius 3 is 2.64 bits per heavy atom. The van der Waals surface area contributed by atoms with E-state index in [9.17, 15) is 15.0 Å². The largest absolute Gasteiger partial charge is 0.508 e. The third kappa shape index (κ3) is 3.55. The zero-order valence-electron chi connectivity index (χ0n) is 13.8. The Labute approximate surface area is 150 Å². The molecule has 0 spiro atoms. The number of pyridine rings is 1. The number of phenols is 1. The standard InChI is InChI=1S/C18H19ClN2O4/c1-25-17(23)12-4-7-20-16(10-12)21-8-5-18(24,6-9-21)14-3-2-13(22)11-15(14)19/h2-4,7,10-11,22,24H,5-6,8-9H2,1H3. The lowest BCUT2D eigenvalue weighted by Gasteiger charge is -2.39. The summed E-state index contributed by atoms with van der Waals surface area (Å²) in [5.74, 6) is 0.327. The van der Waals surface area contributed by atoms with Gasteiger partial charge < -0.3 is 19.8 Å². The number of carbonyl (C=O) groups excluding carboxylic acids is 1. The molecule has 0 radical (unpaired) electrons. The zero-order valence-corrected chi connectivity index (χ0v) is 14.5. The number of anilines is 1. The van der Waals surface area contributed by atoms with Gasteiger partial charge in [0, 0.05) is 24.8 Å². The number of aromatic hydroxyl groups is 1. The monoisotopic (exact) mass is 362 g/mol. The van der Waals surface area contributed by atoms with Crippen LogP contribution in [0, 0.1) is 0 Å². The third-order valence-electron chi connectivity index (χ3n) is 4.54. The summed E-state index contributed by atoms with van der Waals surface area (Å²) < 4.78 is 4.73. The Morgan fingerprint density at radius 2 is 2.00 bits per heavy atom. The predicted octanol–water partition coefficient (Wildman–Crippen LogP) is 2.72. The number of esters is 1. The van der Waals surface area contributed by atoms with Crippen LogP contribution in [-0.2, 0) is 10.3 Å². The molecule has 2 N–H and O–H groups in total. The molecule has 6 nitrogen and oxygen atoms in total. The second-order valence-electron chi connectivity index (χ2n) is 6.08. The Balaban J connectivity index is 1.76. The van der Waals surface area contributed by atoms with Crippen LogP contribution in [0.4, 0.5) is 5.82 Å². The van der Waals surface area contributed by atoms with Crippen LogP contribution >= 0.6 is 11.6 Å². The van der Waals surface area contributed by atoms with E-state index in [0.29, 0.717) is 47.9 Å². The number of aromatic nitrogens is 1. The van der Waals surface area contributed by atoms with Crippen LogP contribution in [0.25, 0.3) is 0 Å². The van der Waals surface area contributed by atoms with Crippen molar-refractivity contribution in [2.75, 3.05) is 25.1 Å². The highest BCUT2D eigenvalue weighted by Crippen LogP contribution is 2.38. The molecule has 1 fully saturated rings. The molecule has 0 amide bonds. The van der Waals surface area contributed by atoms with Crippen molar-refractivity contribution in [1.29, 1.82) is 0 Å². The minimum Gasteiger partial charge on any atom is -0.508 e. The van der Waals surface area contributed by atoms with Gasteiger partial charge in [0.15, 0.2) is 0 Å². The number of phenolic OH excluding ortho intramolecular Hbond substituents is 1. The lowest BCUT2D eigenvalue weighted by Crippen LogP contribution is -2.43. The number of methoxy groups -OCH3 is 1. The first-order chi connectivity index (χ1) is 11.9. The lowest BCUT2D eigenvalue weighted by atomic mass is 9.84. The van der Waals surface area contributed by atoms with E-state index in [1.165, 1.54) is 19.2 Å². The number of hydrogen-bond acceptors (Lipinski definition) is 6. The maximum Gasteiger partial charge on any atom is 0.338 e. The normalized spacial score (nSPS) is 16.5. The van der Waals surface area contributed by atoms with Crippen molar-refractivity contribution in [2.24, 2.45) is 0 Å². The SMILES string of the molecule is COC(=O)c1ccnc(N2CCC(O)(c3ccc(O)cc3Cl)CC2)c1. The van der Waals surface area contributed by atoms with Crippen LogP contribution in [0.3, 0.4) is 0 Å². The van der Waals surface area contributed by atoms with Crippen LogP contribution in [0.15, 0.2) is 36.5 Å². The molecule has 7 heteroatoms. The number of nitrogens with zero attached hydrogens (tertiary/aromatic N) is 2. The molecule has 2 aromatic rings. The number of carbonyl (C=O) groups is 1. The van der Waals surface area contributed by atoms with Crippen molar-refractivity contribution in [2.45, 2.75) is 18.4 Å². The van der Waals surface area contributed by atoms with Gasteiger partial charge in [-0.3, -0.25) is 0 Å². The van der Waals surface area contributed by atoms with E-state index >= 15 is 0 Å². The minimum absolute atomic E-state index is 0.0682. The predicted molar refractivity (Wildman–Crippen MR) is 94.0 cm³/mol. The molecule has 1 aromatic carbocycles. The third-order valence-corrected chi connectivity index (χ3v) is 4.85. The fourth-order valence-corrected chi connectivity index (χ4v) is 3.44. The van der Waals surface area contributed by atoms with E-state index in [2.05, 4.69) is 4.98 Å². The summed E-state index contributed by atoms with van der Waals surface area (Å²) in [7, 11) is 1.34. The molecule has 0 atom stereocenters. The van der Waals surface area contributed by atoms with Crippen LogP contribution in [0.1, 0.15) is 28.8 Å². The molecule has 25 heavy (non-hydrogen) atoms. The van der Waals surface area contributed by atoms with E-state index in [0.717, 1.165) is 0 Å². The number of ether oxygens (including phenoxy) is 1. The summed E-state index contributed by atoms with van der Waals surface area (Å²) in [6, 6.07) is 7.90. The summed E-state index contributed by atoms with van der Waals surface area (Å²) in [6.07, 6.45) is 2.49. The molecular weight excluding hydrogens is 344 g/mol. The van der Waals surface area contributed by atoms with Crippen molar-refractivity contribution >= 4 is 23.4 Å². The fraction of sp³-hybridized carbons (Fsp3) is 0.333. The smallest absolute Gasteiger partial charge is 0.338 e. The average molecular weight is 363 g/mol. The number of rotatable bonds is 3. The van der Waals surface area contributed by atoms with Crippen LogP contribution in [-0.4, -0.2) is 41.4 Å².